The van der Waals surface area contributed by atoms with E-state index in [-0.39, 0.29) is 0 Å². The molecule has 0 saturated heterocycles. The summed E-state index contributed by atoms with van der Waals surface area (Å²) in [6.07, 6.45) is 0. The van der Waals surface area contributed by atoms with Crippen molar-refractivity contribution in [1.82, 2.24) is 4.98 Å². The summed E-state index contributed by atoms with van der Waals surface area (Å²) < 4.78 is 0. The summed E-state index contributed by atoms with van der Waals surface area (Å²) in [4.78, 5) is 5.11. The predicted molar refractivity (Wildman–Crippen MR) is 161 cm³/mol. The summed E-state index contributed by atoms with van der Waals surface area (Å²) in [5.41, 5.74) is 8.94. The smallest absolute Gasteiger partial charge is 0.0715 e. The number of hydrogen-bond acceptors (Lipinski definition) is 1. The van der Waals surface area contributed by atoms with Gasteiger partial charge in [0.25, 0.3) is 0 Å². The Labute approximate surface area is 222 Å². The maximum absolute atomic E-state index is 5.11. The van der Waals surface area contributed by atoms with Gasteiger partial charge in [0.15, 0.2) is 0 Å². The first-order valence-corrected chi connectivity index (χ1v) is 13.0. The van der Waals surface area contributed by atoms with Gasteiger partial charge in [-0.3, -0.25) is 0 Å². The van der Waals surface area contributed by atoms with Gasteiger partial charge in [-0.05, 0) is 62.0 Å². The zero-order valence-electron chi connectivity index (χ0n) is 20.9. The zero-order chi connectivity index (χ0) is 25.3. The number of fused-ring (bicyclic) bond motifs is 3. The summed E-state index contributed by atoms with van der Waals surface area (Å²) in [5, 5.41) is 5.08. The van der Waals surface area contributed by atoms with Gasteiger partial charge in [-0.25, -0.2) is 4.98 Å². The highest BCUT2D eigenvalue weighted by molar-refractivity contribution is 6.08. The molecule has 0 aliphatic carbocycles. The first-order chi connectivity index (χ1) is 18.8. The molecular formula is C37H25N. The van der Waals surface area contributed by atoms with Crippen molar-refractivity contribution < 1.29 is 0 Å². The molecule has 178 valence electrons. The minimum atomic E-state index is 0.972. The normalized spacial score (nSPS) is 11.2. The lowest BCUT2D eigenvalue weighted by atomic mass is 9.95. The summed E-state index contributed by atoms with van der Waals surface area (Å²) in [6, 6.07) is 53.9. The molecule has 1 nitrogen and oxygen atoms in total. The van der Waals surface area contributed by atoms with Gasteiger partial charge in [-0.2, -0.15) is 0 Å². The molecule has 0 radical (unpaired) electrons. The molecule has 0 aliphatic rings. The third kappa shape index (κ3) is 4.15. The fraction of sp³-hybridized carbons (Fsp3) is 0. The Hall–Kier alpha value is -5.01. The Kier molecular flexibility index (Phi) is 5.53. The van der Waals surface area contributed by atoms with Gasteiger partial charge in [-0.1, -0.05) is 133 Å². The van der Waals surface area contributed by atoms with Crippen molar-refractivity contribution in [2.45, 2.75) is 0 Å². The molecule has 1 heteroatoms. The van der Waals surface area contributed by atoms with E-state index in [2.05, 4.69) is 140 Å². The van der Waals surface area contributed by atoms with Crippen molar-refractivity contribution in [3.05, 3.63) is 152 Å². The molecule has 0 spiro atoms. The molecule has 7 aromatic rings. The van der Waals surface area contributed by atoms with Gasteiger partial charge in [0.1, 0.15) is 0 Å². The number of pyridine rings is 1. The van der Waals surface area contributed by atoms with E-state index in [1.807, 2.05) is 12.1 Å². The number of aromatic nitrogens is 1. The van der Waals surface area contributed by atoms with E-state index in [1.165, 1.54) is 38.2 Å². The average molecular weight is 484 g/mol. The van der Waals surface area contributed by atoms with Crippen LogP contribution in [-0.2, 0) is 0 Å². The Balaban J connectivity index is 1.36. The minimum Gasteiger partial charge on any atom is -0.248 e. The monoisotopic (exact) mass is 483 g/mol. The standard InChI is InChI=1S/C37H25N/c1-3-9-26(10-4-1)27-15-18-30(19-16-27)37-25-33(24-36(38-37)29-12-5-2-6-13-29)31-21-22-35-32(23-31)20-17-28-11-7-8-14-34(28)35/h1-25H. The lowest BCUT2D eigenvalue weighted by Gasteiger charge is -2.12. The van der Waals surface area contributed by atoms with Gasteiger partial charge < -0.3 is 0 Å². The van der Waals surface area contributed by atoms with Crippen LogP contribution in [0, 0.1) is 0 Å². The average Bonchev–Trinajstić information content (AvgIpc) is 3.01. The van der Waals surface area contributed by atoms with Crippen molar-refractivity contribution in [1.29, 1.82) is 0 Å². The van der Waals surface area contributed by atoms with E-state index in [9.17, 15) is 0 Å². The maximum Gasteiger partial charge on any atom is 0.0715 e. The Morgan fingerprint density at radius 3 is 1.53 bits per heavy atom. The third-order valence-corrected chi connectivity index (χ3v) is 7.26. The highest BCUT2D eigenvalue weighted by Gasteiger charge is 2.11. The van der Waals surface area contributed by atoms with E-state index in [0.717, 1.165) is 28.1 Å². The molecule has 7 rings (SSSR count). The second kappa shape index (κ2) is 9.46. The molecule has 0 bridgehead atoms. The molecule has 0 saturated carbocycles. The number of benzene rings is 6. The third-order valence-electron chi connectivity index (χ3n) is 7.26. The number of hydrogen-bond donors (Lipinski definition) is 0. The second-order valence-corrected chi connectivity index (χ2v) is 9.66. The van der Waals surface area contributed by atoms with Crippen LogP contribution in [0.15, 0.2) is 152 Å². The topological polar surface area (TPSA) is 12.9 Å². The summed E-state index contributed by atoms with van der Waals surface area (Å²) >= 11 is 0. The van der Waals surface area contributed by atoms with Crippen molar-refractivity contribution in [2.24, 2.45) is 0 Å². The minimum absolute atomic E-state index is 0.972. The number of rotatable bonds is 4. The Bertz CT molecular complexity index is 1890. The first kappa shape index (κ1) is 22.2. The molecule has 6 aromatic carbocycles. The molecular weight excluding hydrogens is 458 g/mol. The first-order valence-electron chi connectivity index (χ1n) is 13.0. The van der Waals surface area contributed by atoms with Crippen LogP contribution in [0.2, 0.25) is 0 Å². The summed E-state index contributed by atoms with van der Waals surface area (Å²) in [6.45, 7) is 0. The highest BCUT2D eigenvalue weighted by Crippen LogP contribution is 2.34. The van der Waals surface area contributed by atoms with E-state index < -0.39 is 0 Å². The van der Waals surface area contributed by atoms with Crippen LogP contribution in [0.5, 0.6) is 0 Å². The largest absolute Gasteiger partial charge is 0.248 e. The zero-order valence-corrected chi connectivity index (χ0v) is 20.9. The summed E-state index contributed by atoms with van der Waals surface area (Å²) in [7, 11) is 0. The molecule has 38 heavy (non-hydrogen) atoms. The molecule has 1 aromatic heterocycles. The van der Waals surface area contributed by atoms with Crippen molar-refractivity contribution in [2.75, 3.05) is 0 Å². The van der Waals surface area contributed by atoms with Crippen LogP contribution in [-0.4, -0.2) is 4.98 Å². The lowest BCUT2D eigenvalue weighted by Crippen LogP contribution is -1.91. The SMILES string of the molecule is c1ccc(-c2ccc(-c3cc(-c4ccc5c(ccc6ccccc65)c4)cc(-c4ccccc4)n3)cc2)cc1. The molecule has 0 fully saturated rings. The lowest BCUT2D eigenvalue weighted by molar-refractivity contribution is 1.32. The quantitative estimate of drug-likeness (QED) is 0.227. The Morgan fingerprint density at radius 2 is 0.789 bits per heavy atom. The van der Waals surface area contributed by atoms with Crippen molar-refractivity contribution in [3.63, 3.8) is 0 Å². The fourth-order valence-electron chi connectivity index (χ4n) is 5.26. The molecule has 0 N–H and O–H groups in total. The molecule has 0 unspecified atom stereocenters. The van der Waals surface area contributed by atoms with Crippen LogP contribution in [0.25, 0.3) is 66.3 Å². The van der Waals surface area contributed by atoms with Gasteiger partial charge in [0.05, 0.1) is 11.4 Å². The number of nitrogens with zero attached hydrogens (tertiary/aromatic N) is 1. The van der Waals surface area contributed by atoms with Crippen molar-refractivity contribution in [3.8, 4) is 44.8 Å². The van der Waals surface area contributed by atoms with Crippen LogP contribution < -0.4 is 0 Å². The van der Waals surface area contributed by atoms with Gasteiger partial charge in [0, 0.05) is 11.1 Å². The van der Waals surface area contributed by atoms with Gasteiger partial charge in [0.2, 0.25) is 0 Å². The second-order valence-electron chi connectivity index (χ2n) is 9.66. The van der Waals surface area contributed by atoms with E-state index in [1.54, 1.807) is 0 Å². The van der Waals surface area contributed by atoms with Crippen molar-refractivity contribution >= 4 is 21.5 Å². The predicted octanol–water partition coefficient (Wildman–Crippen LogP) is 10.1. The Morgan fingerprint density at radius 1 is 0.289 bits per heavy atom. The molecule has 0 atom stereocenters. The van der Waals surface area contributed by atoms with Crippen LogP contribution in [0.1, 0.15) is 0 Å². The van der Waals surface area contributed by atoms with Gasteiger partial charge in [-0.15, -0.1) is 0 Å². The van der Waals surface area contributed by atoms with Crippen LogP contribution >= 0.6 is 0 Å². The molecule has 1 heterocycles. The van der Waals surface area contributed by atoms with E-state index in [0.29, 0.717) is 0 Å². The van der Waals surface area contributed by atoms with E-state index >= 15 is 0 Å². The summed E-state index contributed by atoms with van der Waals surface area (Å²) in [5.74, 6) is 0. The van der Waals surface area contributed by atoms with Crippen LogP contribution in [0.4, 0.5) is 0 Å². The maximum atomic E-state index is 5.11. The van der Waals surface area contributed by atoms with Crippen LogP contribution in [0.3, 0.4) is 0 Å². The van der Waals surface area contributed by atoms with Gasteiger partial charge >= 0.3 is 0 Å². The highest BCUT2D eigenvalue weighted by atomic mass is 14.7. The molecule has 0 aliphatic heterocycles. The van der Waals surface area contributed by atoms with E-state index in [4.69, 9.17) is 4.98 Å². The fourth-order valence-corrected chi connectivity index (χ4v) is 5.26. The molecule has 0 amide bonds.